The van der Waals surface area contributed by atoms with Crippen LogP contribution in [0.15, 0.2) is 85.7 Å². The first kappa shape index (κ1) is 26.3. The lowest BCUT2D eigenvalue weighted by Gasteiger charge is -2.23. The summed E-state index contributed by atoms with van der Waals surface area (Å²) in [5.41, 5.74) is 4.02. The quantitative estimate of drug-likeness (QED) is 0.337. The van der Waals surface area contributed by atoms with E-state index in [9.17, 15) is 18.3 Å². The first-order valence-electron chi connectivity index (χ1n) is 10.1. The Morgan fingerprint density at radius 1 is 0.882 bits per heavy atom. The van der Waals surface area contributed by atoms with Crippen LogP contribution in [0.5, 0.6) is 0 Å². The lowest BCUT2D eigenvalue weighted by Crippen LogP contribution is -2.21. The highest BCUT2D eigenvalue weighted by atomic mass is 19.4. The Hall–Kier alpha value is -3.92. The van der Waals surface area contributed by atoms with Gasteiger partial charge in [0.05, 0.1) is 24.5 Å². The molecule has 0 amide bonds. The van der Waals surface area contributed by atoms with E-state index in [0.717, 1.165) is 11.3 Å². The number of aromatic nitrogens is 4. The highest BCUT2D eigenvalue weighted by Gasteiger charge is 2.38. The zero-order valence-corrected chi connectivity index (χ0v) is 18.5. The highest BCUT2D eigenvalue weighted by molar-refractivity contribution is 5.73. The van der Waals surface area contributed by atoms with Crippen LogP contribution in [0.1, 0.15) is 42.5 Å². The molecule has 0 aliphatic heterocycles. The maximum absolute atomic E-state index is 10.6. The van der Waals surface area contributed by atoms with Crippen LogP contribution in [0.2, 0.25) is 0 Å². The normalized spacial score (nSPS) is 11.9. The van der Waals surface area contributed by atoms with E-state index >= 15 is 0 Å². The molecule has 0 saturated heterocycles. The topological polar surface area (TPSA) is 115 Å². The second kappa shape index (κ2) is 11.8. The van der Waals surface area contributed by atoms with E-state index in [0.29, 0.717) is 5.69 Å². The number of aliphatic hydroxyl groups excluding tert-OH is 1. The average Bonchev–Trinajstić information content (AvgIpc) is 3.55. The van der Waals surface area contributed by atoms with Gasteiger partial charge in [-0.3, -0.25) is 0 Å². The fourth-order valence-corrected chi connectivity index (χ4v) is 2.84. The van der Waals surface area contributed by atoms with Crippen LogP contribution in [0.25, 0.3) is 0 Å². The Kier molecular flexibility index (Phi) is 9.14. The lowest BCUT2D eigenvalue weighted by atomic mass is 9.82. The predicted molar refractivity (Wildman–Crippen MR) is 120 cm³/mol. The van der Waals surface area contributed by atoms with Gasteiger partial charge in [0.25, 0.3) is 0 Å². The summed E-state index contributed by atoms with van der Waals surface area (Å²) in [6.07, 6.45) is 1.09. The number of benzene rings is 2. The Labute approximate surface area is 194 Å². The molecular weight excluding hydrogens is 449 g/mol. The summed E-state index contributed by atoms with van der Waals surface area (Å²) in [6, 6.07) is 19.9. The number of nitrogens with one attached hydrogen (secondary N) is 2. The molecule has 34 heavy (non-hydrogen) atoms. The number of imidazole rings is 2. The fourth-order valence-electron chi connectivity index (χ4n) is 2.84. The van der Waals surface area contributed by atoms with Gasteiger partial charge in [0, 0.05) is 17.3 Å². The van der Waals surface area contributed by atoms with Gasteiger partial charge in [-0.1, -0.05) is 74.5 Å². The minimum atomic E-state index is -5.08. The highest BCUT2D eigenvalue weighted by Crippen LogP contribution is 2.29. The molecule has 2 aromatic carbocycles. The van der Waals surface area contributed by atoms with Gasteiger partial charge in [-0.25, -0.2) is 14.8 Å². The van der Waals surface area contributed by atoms with E-state index in [1.165, 1.54) is 5.56 Å². The van der Waals surface area contributed by atoms with Gasteiger partial charge in [0.2, 0.25) is 0 Å². The number of nitrogens with zero attached hydrogens (tertiary/aromatic N) is 2. The molecular formula is C24H25F3N4O3. The molecule has 0 aliphatic rings. The molecule has 1 unspecified atom stereocenters. The van der Waals surface area contributed by atoms with Crippen molar-refractivity contribution in [2.45, 2.75) is 31.5 Å². The lowest BCUT2D eigenvalue weighted by molar-refractivity contribution is -0.192. The molecule has 1 atom stereocenters. The standard InChI is InChI=1S/C12H14N2.C10H10N2O.C2HF3O2/c1-12(2,11-8-13-9-14-11)10-6-4-3-5-7-10;13-10(9-6-11-7-12-9)8-4-2-1-3-5-8;3-2(4,5)1(6)7/h3-9H,1-2H3,(H,13,14);1-7,10,13H,(H,11,12);(H,6,7). The molecule has 0 bridgehead atoms. The molecule has 0 spiro atoms. The number of rotatable bonds is 4. The zero-order chi connectivity index (χ0) is 25.2. The molecule has 0 fully saturated rings. The van der Waals surface area contributed by atoms with Crippen LogP contribution >= 0.6 is 0 Å². The van der Waals surface area contributed by atoms with Crippen LogP contribution in [0, 0.1) is 0 Å². The summed E-state index contributed by atoms with van der Waals surface area (Å²) in [5.74, 6) is -2.76. The van der Waals surface area contributed by atoms with Gasteiger partial charge in [0.1, 0.15) is 6.10 Å². The summed E-state index contributed by atoms with van der Waals surface area (Å²) in [5, 5.41) is 16.9. The molecule has 2 heterocycles. The molecule has 4 aromatic rings. The Balaban J connectivity index is 0.000000191. The number of carboxylic acids is 1. The van der Waals surface area contributed by atoms with E-state index < -0.39 is 18.2 Å². The van der Waals surface area contributed by atoms with Crippen molar-refractivity contribution < 1.29 is 28.2 Å². The predicted octanol–water partition coefficient (Wildman–Crippen LogP) is 4.86. The van der Waals surface area contributed by atoms with Crippen molar-refractivity contribution >= 4 is 5.97 Å². The van der Waals surface area contributed by atoms with Gasteiger partial charge < -0.3 is 20.2 Å². The Morgan fingerprint density at radius 3 is 1.82 bits per heavy atom. The van der Waals surface area contributed by atoms with E-state index in [1.54, 1.807) is 18.9 Å². The van der Waals surface area contributed by atoms with Gasteiger partial charge in [-0.2, -0.15) is 13.2 Å². The van der Waals surface area contributed by atoms with Crippen molar-refractivity contribution in [3.05, 3.63) is 108 Å². The molecule has 0 aliphatic carbocycles. The maximum atomic E-state index is 10.6. The largest absolute Gasteiger partial charge is 0.490 e. The van der Waals surface area contributed by atoms with Crippen molar-refractivity contribution in [1.29, 1.82) is 0 Å². The van der Waals surface area contributed by atoms with Gasteiger partial charge in [-0.15, -0.1) is 0 Å². The van der Waals surface area contributed by atoms with Crippen LogP contribution < -0.4 is 0 Å². The SMILES string of the molecule is CC(C)(c1ccccc1)c1cnc[nH]1.O=C(O)C(F)(F)F.OC(c1ccccc1)c1cnc[nH]1. The number of hydrogen-bond donors (Lipinski definition) is 4. The molecule has 2 aromatic heterocycles. The number of aliphatic hydroxyl groups is 1. The Morgan fingerprint density at radius 2 is 1.38 bits per heavy atom. The van der Waals surface area contributed by atoms with Crippen molar-refractivity contribution in [3.63, 3.8) is 0 Å². The maximum Gasteiger partial charge on any atom is 0.490 e. The number of hydrogen-bond acceptors (Lipinski definition) is 4. The molecule has 4 N–H and O–H groups in total. The number of aromatic amines is 2. The van der Waals surface area contributed by atoms with Crippen LogP contribution in [-0.4, -0.2) is 42.3 Å². The summed E-state index contributed by atoms with van der Waals surface area (Å²) >= 11 is 0. The summed E-state index contributed by atoms with van der Waals surface area (Å²) in [7, 11) is 0. The first-order valence-corrected chi connectivity index (χ1v) is 10.1. The number of aliphatic carboxylic acids is 1. The second-order valence-electron chi connectivity index (χ2n) is 7.58. The van der Waals surface area contributed by atoms with Gasteiger partial charge in [0.15, 0.2) is 0 Å². The smallest absolute Gasteiger partial charge is 0.475 e. The molecule has 0 saturated carbocycles. The van der Waals surface area contributed by atoms with E-state index in [2.05, 4.69) is 58.0 Å². The van der Waals surface area contributed by atoms with E-state index in [-0.39, 0.29) is 5.41 Å². The summed E-state index contributed by atoms with van der Waals surface area (Å²) in [6.45, 7) is 4.38. The third-order valence-electron chi connectivity index (χ3n) is 4.84. The van der Waals surface area contributed by atoms with Crippen LogP contribution in [-0.2, 0) is 10.2 Å². The summed E-state index contributed by atoms with van der Waals surface area (Å²) < 4.78 is 31.7. The summed E-state index contributed by atoms with van der Waals surface area (Å²) in [4.78, 5) is 22.8. The monoisotopic (exact) mass is 474 g/mol. The minimum absolute atomic E-state index is 0.00222. The van der Waals surface area contributed by atoms with Crippen LogP contribution in [0.4, 0.5) is 13.2 Å². The molecule has 7 nitrogen and oxygen atoms in total. The fraction of sp³-hybridized carbons (Fsp3) is 0.208. The van der Waals surface area contributed by atoms with Crippen LogP contribution in [0.3, 0.4) is 0 Å². The Bertz CT molecular complexity index is 1100. The number of halogens is 3. The molecule has 4 rings (SSSR count). The number of carboxylic acid groups (broad SMARTS) is 1. The number of carbonyl (C=O) groups is 1. The molecule has 180 valence electrons. The third kappa shape index (κ3) is 7.59. The van der Waals surface area contributed by atoms with Crippen molar-refractivity contribution in [2.75, 3.05) is 0 Å². The zero-order valence-electron chi connectivity index (χ0n) is 18.5. The number of alkyl halides is 3. The average molecular weight is 474 g/mol. The van der Waals surface area contributed by atoms with Crippen molar-refractivity contribution in [2.24, 2.45) is 0 Å². The minimum Gasteiger partial charge on any atom is -0.475 e. The first-order chi connectivity index (χ1) is 16.0. The van der Waals surface area contributed by atoms with Gasteiger partial charge in [-0.05, 0) is 11.1 Å². The van der Waals surface area contributed by atoms with E-state index in [1.807, 2.05) is 42.6 Å². The third-order valence-corrected chi connectivity index (χ3v) is 4.84. The van der Waals surface area contributed by atoms with Gasteiger partial charge >= 0.3 is 12.1 Å². The van der Waals surface area contributed by atoms with Crippen molar-refractivity contribution in [1.82, 2.24) is 19.9 Å². The second-order valence-corrected chi connectivity index (χ2v) is 7.58. The molecule has 10 heteroatoms. The van der Waals surface area contributed by atoms with E-state index in [4.69, 9.17) is 9.90 Å². The number of H-pyrrole nitrogens is 2. The molecule has 0 radical (unpaired) electrons. The van der Waals surface area contributed by atoms with Crippen molar-refractivity contribution in [3.8, 4) is 0 Å².